The van der Waals surface area contributed by atoms with Gasteiger partial charge in [0.25, 0.3) is 0 Å². The van der Waals surface area contributed by atoms with Crippen LogP contribution in [-0.2, 0) is 0 Å². The number of nitrogens with one attached hydrogen (secondary N) is 4. The molecular weight excluding hydrogens is 452 g/mol. The molecule has 0 saturated carbocycles. The van der Waals surface area contributed by atoms with Crippen LogP contribution in [0.25, 0.3) is 11.4 Å². The molecule has 2 aliphatic rings. The summed E-state index contributed by atoms with van der Waals surface area (Å²) >= 11 is 0. The number of rotatable bonds is 9. The van der Waals surface area contributed by atoms with Crippen LogP contribution in [-0.4, -0.2) is 52.4 Å². The van der Waals surface area contributed by atoms with Crippen LogP contribution in [0.4, 0.5) is 17.2 Å². The van der Waals surface area contributed by atoms with Crippen LogP contribution in [0.2, 0.25) is 0 Å². The molecule has 5 heterocycles. The maximum Gasteiger partial charge on any atom is 0.138 e. The van der Waals surface area contributed by atoms with E-state index in [4.69, 9.17) is 4.74 Å². The Labute approximate surface area is 212 Å². The summed E-state index contributed by atoms with van der Waals surface area (Å²) in [4.78, 5) is 11.3. The lowest BCUT2D eigenvalue weighted by atomic mass is 10.1. The summed E-state index contributed by atoms with van der Waals surface area (Å²) in [7, 11) is 0. The van der Waals surface area contributed by atoms with E-state index < -0.39 is 0 Å². The lowest BCUT2D eigenvalue weighted by molar-refractivity contribution is 0.162. The predicted molar refractivity (Wildman–Crippen MR) is 145 cm³/mol. The minimum absolute atomic E-state index is 0.211. The van der Waals surface area contributed by atoms with Crippen molar-refractivity contribution in [2.75, 3.05) is 41.7 Å². The van der Waals surface area contributed by atoms with Crippen LogP contribution < -0.4 is 25.6 Å². The molecule has 36 heavy (non-hydrogen) atoms. The summed E-state index contributed by atoms with van der Waals surface area (Å²) in [6, 6.07) is 6.05. The molecule has 5 rings (SSSR count). The van der Waals surface area contributed by atoms with Crippen LogP contribution in [0.5, 0.6) is 5.75 Å². The molecule has 2 fully saturated rings. The van der Waals surface area contributed by atoms with E-state index in [2.05, 4.69) is 60.2 Å². The molecule has 0 bridgehead atoms. The van der Waals surface area contributed by atoms with Gasteiger partial charge in [-0.15, -0.1) is 0 Å². The summed E-state index contributed by atoms with van der Waals surface area (Å²) < 4.78 is 6.13. The van der Waals surface area contributed by atoms with Gasteiger partial charge in [-0.1, -0.05) is 13.2 Å². The van der Waals surface area contributed by atoms with Crippen LogP contribution in [0.3, 0.4) is 0 Å². The minimum Gasteiger partial charge on any atom is -0.489 e. The van der Waals surface area contributed by atoms with Gasteiger partial charge in [-0.3, -0.25) is 10.1 Å². The molecule has 2 saturated heterocycles. The van der Waals surface area contributed by atoms with Crippen molar-refractivity contribution in [1.82, 2.24) is 25.5 Å². The molecule has 0 aromatic carbocycles. The molecule has 3 aromatic rings. The summed E-state index contributed by atoms with van der Waals surface area (Å²) in [5.74, 6) is 1.77. The SMILES string of the molecule is C=C(Nc1cn[nH]c1C(=C)Nc1ccc(N2CCCCC2)nc1)c1cncc(OC2CCNCC2)c1. The molecule has 0 amide bonds. The smallest absolute Gasteiger partial charge is 0.138 e. The lowest BCUT2D eigenvalue weighted by Crippen LogP contribution is -2.34. The zero-order valence-electron chi connectivity index (χ0n) is 20.6. The fourth-order valence-corrected chi connectivity index (χ4v) is 4.61. The number of aromatic nitrogens is 4. The molecule has 9 nitrogen and oxygen atoms in total. The molecule has 0 spiro atoms. The van der Waals surface area contributed by atoms with Crippen LogP contribution >= 0.6 is 0 Å². The maximum absolute atomic E-state index is 6.13. The van der Waals surface area contributed by atoms with Gasteiger partial charge in [-0.25, -0.2) is 4.98 Å². The highest BCUT2D eigenvalue weighted by Gasteiger charge is 2.16. The number of pyridine rings is 2. The highest BCUT2D eigenvalue weighted by Crippen LogP contribution is 2.27. The number of anilines is 3. The molecule has 0 atom stereocenters. The maximum atomic E-state index is 6.13. The number of hydrogen-bond donors (Lipinski definition) is 4. The van der Waals surface area contributed by atoms with Gasteiger partial charge in [0.05, 0.1) is 35.7 Å². The van der Waals surface area contributed by atoms with E-state index in [0.29, 0.717) is 11.4 Å². The monoisotopic (exact) mass is 486 g/mol. The summed E-state index contributed by atoms with van der Waals surface area (Å²) in [5.41, 5.74) is 4.60. The first kappa shape index (κ1) is 23.9. The van der Waals surface area contributed by atoms with Gasteiger partial charge in [-0.2, -0.15) is 5.10 Å². The Kier molecular flexibility index (Phi) is 7.47. The van der Waals surface area contributed by atoms with Crippen molar-refractivity contribution in [3.05, 3.63) is 67.4 Å². The first-order valence-electron chi connectivity index (χ1n) is 12.6. The molecule has 9 heteroatoms. The molecule has 0 unspecified atom stereocenters. The first-order valence-corrected chi connectivity index (χ1v) is 12.6. The number of nitrogens with zero attached hydrogens (tertiary/aromatic N) is 4. The van der Waals surface area contributed by atoms with Crippen molar-refractivity contribution in [3.63, 3.8) is 0 Å². The van der Waals surface area contributed by atoms with Gasteiger partial charge in [-0.05, 0) is 63.4 Å². The fourth-order valence-electron chi connectivity index (χ4n) is 4.61. The first-order chi connectivity index (χ1) is 17.7. The average molecular weight is 487 g/mol. The predicted octanol–water partition coefficient (Wildman–Crippen LogP) is 4.49. The van der Waals surface area contributed by atoms with Crippen LogP contribution in [0, 0.1) is 0 Å². The van der Waals surface area contributed by atoms with Crippen molar-refractivity contribution in [3.8, 4) is 5.75 Å². The van der Waals surface area contributed by atoms with Gasteiger partial charge >= 0.3 is 0 Å². The number of ether oxygens (including phenoxy) is 1. The summed E-state index contributed by atoms with van der Waals surface area (Å²) in [6.07, 6.45) is 13.0. The zero-order chi connectivity index (χ0) is 24.7. The fraction of sp³-hybridized carbons (Fsp3) is 0.370. The Morgan fingerprint density at radius 1 is 0.972 bits per heavy atom. The van der Waals surface area contributed by atoms with Crippen LogP contribution in [0.15, 0.2) is 56.1 Å². The molecule has 188 valence electrons. The van der Waals surface area contributed by atoms with E-state index in [1.54, 1.807) is 18.6 Å². The van der Waals surface area contributed by atoms with Crippen molar-refractivity contribution < 1.29 is 4.74 Å². The van der Waals surface area contributed by atoms with Gasteiger partial charge < -0.3 is 25.6 Å². The Hall–Kier alpha value is -3.85. The van der Waals surface area contributed by atoms with E-state index in [1.807, 2.05) is 18.3 Å². The van der Waals surface area contributed by atoms with Crippen molar-refractivity contribution >= 4 is 28.6 Å². The Morgan fingerprint density at radius 3 is 2.58 bits per heavy atom. The van der Waals surface area contributed by atoms with Gasteiger partial charge in [0.1, 0.15) is 23.4 Å². The average Bonchev–Trinajstić information content (AvgIpc) is 3.39. The highest BCUT2D eigenvalue weighted by molar-refractivity contribution is 5.84. The number of H-pyrrole nitrogens is 1. The third-order valence-corrected chi connectivity index (χ3v) is 6.60. The van der Waals surface area contributed by atoms with Gasteiger partial charge in [0.2, 0.25) is 0 Å². The number of piperidine rings is 2. The normalized spacial score (nSPS) is 16.4. The van der Waals surface area contributed by atoms with E-state index in [1.165, 1.54) is 19.3 Å². The van der Waals surface area contributed by atoms with E-state index in [-0.39, 0.29) is 6.10 Å². The second kappa shape index (κ2) is 11.3. The van der Waals surface area contributed by atoms with E-state index in [9.17, 15) is 0 Å². The minimum atomic E-state index is 0.211. The van der Waals surface area contributed by atoms with Gasteiger partial charge in [0, 0.05) is 30.5 Å². The summed E-state index contributed by atoms with van der Waals surface area (Å²) in [6.45, 7) is 12.5. The molecule has 3 aromatic heterocycles. The number of hydrogen-bond acceptors (Lipinski definition) is 8. The second-order valence-corrected chi connectivity index (χ2v) is 9.30. The Morgan fingerprint density at radius 2 is 1.81 bits per heavy atom. The van der Waals surface area contributed by atoms with Crippen molar-refractivity contribution in [2.45, 2.75) is 38.2 Å². The zero-order valence-corrected chi connectivity index (χ0v) is 20.6. The molecule has 0 radical (unpaired) electrons. The molecule has 0 aliphatic carbocycles. The van der Waals surface area contributed by atoms with E-state index >= 15 is 0 Å². The standard InChI is InChI=1S/C27H34N8O/c1-19(21-14-24(17-29-15-21)36-23-8-10-28-11-9-23)33-25-18-31-34-27(25)20(2)32-22-6-7-26(30-16-22)35-12-4-3-5-13-35/h6-7,14-18,23,28,32-33H,1-5,8-13H2,(H,31,34). The van der Waals surface area contributed by atoms with Crippen molar-refractivity contribution in [1.29, 1.82) is 0 Å². The Balaban J connectivity index is 1.20. The lowest BCUT2D eigenvalue weighted by Gasteiger charge is -2.27. The quantitative estimate of drug-likeness (QED) is 0.351. The topological polar surface area (TPSA) is 103 Å². The van der Waals surface area contributed by atoms with Gasteiger partial charge in [0.15, 0.2) is 0 Å². The van der Waals surface area contributed by atoms with Crippen LogP contribution in [0.1, 0.15) is 43.4 Å². The van der Waals surface area contributed by atoms with E-state index in [0.717, 1.165) is 73.2 Å². The largest absolute Gasteiger partial charge is 0.489 e. The third kappa shape index (κ3) is 5.85. The second-order valence-electron chi connectivity index (χ2n) is 9.30. The molecule has 2 aliphatic heterocycles. The third-order valence-electron chi connectivity index (χ3n) is 6.60. The highest BCUT2D eigenvalue weighted by atomic mass is 16.5. The Bertz CT molecular complexity index is 1180. The van der Waals surface area contributed by atoms with Crippen molar-refractivity contribution in [2.24, 2.45) is 0 Å². The molecular formula is C27H34N8O. The molecule has 4 N–H and O–H groups in total. The summed E-state index contributed by atoms with van der Waals surface area (Å²) in [5, 5.41) is 17.2. The number of aromatic amines is 1.